The summed E-state index contributed by atoms with van der Waals surface area (Å²) < 4.78 is 5.85. The Labute approximate surface area is 106 Å². The molecule has 0 saturated carbocycles. The molecule has 1 N–H and O–H groups in total. The van der Waals surface area contributed by atoms with E-state index in [1.807, 2.05) is 0 Å². The van der Waals surface area contributed by atoms with Gasteiger partial charge in [0.25, 0.3) is 0 Å². The van der Waals surface area contributed by atoms with Gasteiger partial charge in [-0.3, -0.25) is 0 Å². The van der Waals surface area contributed by atoms with Crippen LogP contribution in [-0.4, -0.2) is 50.3 Å². The highest BCUT2D eigenvalue weighted by atomic mass is 16.5. The number of hydrogen-bond acceptors (Lipinski definition) is 3. The lowest BCUT2D eigenvalue weighted by Gasteiger charge is -2.38. The number of hydrogen-bond donors (Lipinski definition) is 1. The molecule has 0 amide bonds. The van der Waals surface area contributed by atoms with Gasteiger partial charge in [0.2, 0.25) is 0 Å². The summed E-state index contributed by atoms with van der Waals surface area (Å²) in [5.41, 5.74) is 0.473. The van der Waals surface area contributed by atoms with Crippen molar-refractivity contribution >= 4 is 0 Å². The van der Waals surface area contributed by atoms with Crippen molar-refractivity contribution in [2.75, 3.05) is 39.3 Å². The van der Waals surface area contributed by atoms with Gasteiger partial charge in [-0.15, -0.1) is 0 Å². The van der Waals surface area contributed by atoms with Crippen molar-refractivity contribution in [3.05, 3.63) is 0 Å². The average Bonchev–Trinajstić information content (AvgIpc) is 2.54. The fourth-order valence-electron chi connectivity index (χ4n) is 3.15. The van der Waals surface area contributed by atoms with Crippen LogP contribution in [0.25, 0.3) is 0 Å². The first-order chi connectivity index (χ1) is 8.22. The van der Waals surface area contributed by atoms with E-state index in [-0.39, 0.29) is 0 Å². The van der Waals surface area contributed by atoms with Crippen LogP contribution in [-0.2, 0) is 4.74 Å². The van der Waals surface area contributed by atoms with Crippen molar-refractivity contribution in [1.29, 1.82) is 0 Å². The predicted molar refractivity (Wildman–Crippen MR) is 71.3 cm³/mol. The Kier molecular flexibility index (Phi) is 4.83. The van der Waals surface area contributed by atoms with E-state index >= 15 is 0 Å². The summed E-state index contributed by atoms with van der Waals surface area (Å²) >= 11 is 0. The topological polar surface area (TPSA) is 24.5 Å². The normalized spacial score (nSPS) is 36.7. The van der Waals surface area contributed by atoms with E-state index in [4.69, 9.17) is 4.74 Å². The Hall–Kier alpha value is -0.120. The summed E-state index contributed by atoms with van der Waals surface area (Å²) in [6.07, 6.45) is 5.50. The van der Waals surface area contributed by atoms with Crippen molar-refractivity contribution in [2.24, 2.45) is 5.41 Å². The Morgan fingerprint density at radius 1 is 1.41 bits per heavy atom. The Bertz CT molecular complexity index is 226. The number of ether oxygens (including phenoxy) is 1. The van der Waals surface area contributed by atoms with Crippen LogP contribution in [0.1, 0.15) is 39.5 Å². The molecule has 2 atom stereocenters. The van der Waals surface area contributed by atoms with Crippen LogP contribution >= 0.6 is 0 Å². The van der Waals surface area contributed by atoms with Gasteiger partial charge >= 0.3 is 0 Å². The van der Waals surface area contributed by atoms with Crippen LogP contribution < -0.4 is 5.32 Å². The monoisotopic (exact) mass is 240 g/mol. The van der Waals surface area contributed by atoms with E-state index in [0.29, 0.717) is 11.5 Å². The third kappa shape index (κ3) is 3.94. The third-order valence-corrected chi connectivity index (χ3v) is 4.18. The molecule has 2 rings (SSSR count). The first kappa shape index (κ1) is 13.3. The van der Waals surface area contributed by atoms with Crippen molar-refractivity contribution < 1.29 is 4.74 Å². The second kappa shape index (κ2) is 6.17. The second-order valence-electron chi connectivity index (χ2n) is 6.08. The summed E-state index contributed by atoms with van der Waals surface area (Å²) in [4.78, 5) is 2.63. The molecule has 3 nitrogen and oxygen atoms in total. The molecule has 2 aliphatic rings. The van der Waals surface area contributed by atoms with E-state index in [1.54, 1.807) is 0 Å². The molecule has 2 heterocycles. The zero-order valence-corrected chi connectivity index (χ0v) is 11.5. The summed E-state index contributed by atoms with van der Waals surface area (Å²) in [7, 11) is 0. The summed E-state index contributed by atoms with van der Waals surface area (Å²) in [5, 5.41) is 3.55. The highest BCUT2D eigenvalue weighted by molar-refractivity contribution is 4.85. The number of piperidine rings is 1. The van der Waals surface area contributed by atoms with Crippen LogP contribution in [0.15, 0.2) is 0 Å². The largest absolute Gasteiger partial charge is 0.377 e. The highest BCUT2D eigenvalue weighted by Gasteiger charge is 2.30. The number of rotatable bonds is 3. The Morgan fingerprint density at radius 2 is 2.29 bits per heavy atom. The van der Waals surface area contributed by atoms with Gasteiger partial charge in [0, 0.05) is 32.8 Å². The first-order valence-corrected chi connectivity index (χ1v) is 7.26. The van der Waals surface area contributed by atoms with Gasteiger partial charge in [-0.25, -0.2) is 0 Å². The fourth-order valence-corrected chi connectivity index (χ4v) is 3.15. The smallest absolute Gasteiger partial charge is 0.0699 e. The van der Waals surface area contributed by atoms with Gasteiger partial charge in [-0.05, 0) is 37.6 Å². The summed E-state index contributed by atoms with van der Waals surface area (Å²) in [6.45, 7) is 11.6. The molecule has 100 valence electrons. The van der Waals surface area contributed by atoms with Crippen LogP contribution in [0, 0.1) is 5.41 Å². The number of nitrogens with one attached hydrogen (secondary N) is 1. The SMILES string of the molecule is CCC1CN(CC2(C)CCCNC2)CCCO1. The maximum Gasteiger partial charge on any atom is 0.0699 e. The average molecular weight is 240 g/mol. The van der Waals surface area contributed by atoms with Gasteiger partial charge in [0.15, 0.2) is 0 Å². The van der Waals surface area contributed by atoms with Gasteiger partial charge in [-0.1, -0.05) is 13.8 Å². The van der Waals surface area contributed by atoms with Crippen molar-refractivity contribution in [3.8, 4) is 0 Å². The molecule has 0 bridgehead atoms. The van der Waals surface area contributed by atoms with Crippen LogP contribution in [0.2, 0.25) is 0 Å². The lowest BCUT2D eigenvalue weighted by Crippen LogP contribution is -2.47. The molecule has 2 fully saturated rings. The minimum Gasteiger partial charge on any atom is -0.377 e. The molecular formula is C14H28N2O. The van der Waals surface area contributed by atoms with E-state index in [9.17, 15) is 0 Å². The molecule has 0 radical (unpaired) electrons. The molecule has 2 aliphatic heterocycles. The van der Waals surface area contributed by atoms with Gasteiger partial charge in [0.05, 0.1) is 6.10 Å². The molecule has 2 unspecified atom stereocenters. The maximum atomic E-state index is 5.85. The van der Waals surface area contributed by atoms with Gasteiger partial charge < -0.3 is 15.0 Å². The van der Waals surface area contributed by atoms with Gasteiger partial charge in [-0.2, -0.15) is 0 Å². The summed E-state index contributed by atoms with van der Waals surface area (Å²) in [5.74, 6) is 0. The van der Waals surface area contributed by atoms with Crippen molar-refractivity contribution in [3.63, 3.8) is 0 Å². The van der Waals surface area contributed by atoms with Crippen LogP contribution in [0.5, 0.6) is 0 Å². The zero-order valence-electron chi connectivity index (χ0n) is 11.5. The second-order valence-corrected chi connectivity index (χ2v) is 6.08. The molecule has 0 aliphatic carbocycles. The Morgan fingerprint density at radius 3 is 3.00 bits per heavy atom. The number of nitrogens with zero attached hydrogens (tertiary/aromatic N) is 1. The zero-order chi connectivity index (χ0) is 12.1. The van der Waals surface area contributed by atoms with Crippen LogP contribution in [0.3, 0.4) is 0 Å². The molecule has 0 aromatic rings. The minimum absolute atomic E-state index is 0.456. The lowest BCUT2D eigenvalue weighted by atomic mass is 9.82. The molecule has 0 aromatic carbocycles. The quantitative estimate of drug-likeness (QED) is 0.815. The lowest BCUT2D eigenvalue weighted by molar-refractivity contribution is 0.0433. The third-order valence-electron chi connectivity index (χ3n) is 4.18. The van der Waals surface area contributed by atoms with E-state index < -0.39 is 0 Å². The highest BCUT2D eigenvalue weighted by Crippen LogP contribution is 2.27. The van der Waals surface area contributed by atoms with Crippen molar-refractivity contribution in [2.45, 2.75) is 45.6 Å². The standard InChI is InChI=1S/C14H28N2O/c1-3-13-10-16(8-5-9-17-13)12-14(2)6-4-7-15-11-14/h13,15H,3-12H2,1-2H3. The maximum absolute atomic E-state index is 5.85. The molecule has 0 aromatic heterocycles. The first-order valence-electron chi connectivity index (χ1n) is 7.26. The van der Waals surface area contributed by atoms with E-state index in [2.05, 4.69) is 24.1 Å². The molecular weight excluding hydrogens is 212 g/mol. The van der Waals surface area contributed by atoms with E-state index in [0.717, 1.165) is 19.6 Å². The summed E-state index contributed by atoms with van der Waals surface area (Å²) in [6, 6.07) is 0. The Balaban J connectivity index is 1.87. The molecule has 17 heavy (non-hydrogen) atoms. The molecule has 0 spiro atoms. The van der Waals surface area contributed by atoms with Crippen molar-refractivity contribution in [1.82, 2.24) is 10.2 Å². The molecule has 2 saturated heterocycles. The minimum atomic E-state index is 0.456. The fraction of sp³-hybridized carbons (Fsp3) is 1.00. The van der Waals surface area contributed by atoms with E-state index in [1.165, 1.54) is 45.4 Å². The van der Waals surface area contributed by atoms with Crippen LogP contribution in [0.4, 0.5) is 0 Å². The molecule has 3 heteroatoms. The van der Waals surface area contributed by atoms with Gasteiger partial charge in [0.1, 0.15) is 0 Å². The predicted octanol–water partition coefficient (Wildman–Crippen LogP) is 1.88.